The lowest BCUT2D eigenvalue weighted by molar-refractivity contribution is 0.0712. The summed E-state index contributed by atoms with van der Waals surface area (Å²) in [7, 11) is 4.24. The molecule has 1 heterocycles. The first-order valence-electron chi connectivity index (χ1n) is 9.03. The molecule has 1 fully saturated rings. The van der Waals surface area contributed by atoms with Gasteiger partial charge in [0.05, 0.1) is 5.60 Å². The van der Waals surface area contributed by atoms with E-state index in [0.29, 0.717) is 6.04 Å². The number of carbonyl (C=O) groups is 1. The second-order valence-corrected chi connectivity index (χ2v) is 7.85. The first-order chi connectivity index (χ1) is 11.3. The molecule has 24 heavy (non-hydrogen) atoms. The van der Waals surface area contributed by atoms with Crippen LogP contribution in [0.4, 0.5) is 0 Å². The van der Waals surface area contributed by atoms with E-state index < -0.39 is 5.60 Å². The minimum Gasteiger partial charge on any atom is -0.390 e. The van der Waals surface area contributed by atoms with Gasteiger partial charge in [0.2, 0.25) is 0 Å². The fourth-order valence-corrected chi connectivity index (χ4v) is 3.25. The summed E-state index contributed by atoms with van der Waals surface area (Å²) in [6.45, 7) is 5.34. The van der Waals surface area contributed by atoms with Crippen LogP contribution in [-0.4, -0.2) is 59.6 Å². The molecule has 0 aliphatic carbocycles. The molecule has 2 rings (SSSR count). The van der Waals surface area contributed by atoms with Gasteiger partial charge in [0.15, 0.2) is 0 Å². The topological polar surface area (TPSA) is 43.8 Å². The van der Waals surface area contributed by atoms with E-state index in [0.717, 1.165) is 56.3 Å². The molecule has 1 amide bonds. The Morgan fingerprint density at radius 1 is 1.21 bits per heavy atom. The van der Waals surface area contributed by atoms with Crippen LogP contribution in [0.15, 0.2) is 24.3 Å². The van der Waals surface area contributed by atoms with E-state index in [-0.39, 0.29) is 5.91 Å². The maximum absolute atomic E-state index is 12.7. The third-order valence-electron chi connectivity index (χ3n) is 4.94. The van der Waals surface area contributed by atoms with Crippen molar-refractivity contribution in [2.45, 2.75) is 57.6 Å². The molecule has 0 spiro atoms. The minimum absolute atomic E-state index is 0.142. The Bertz CT molecular complexity index is 532. The molecule has 0 unspecified atom stereocenters. The summed E-state index contributed by atoms with van der Waals surface area (Å²) >= 11 is 0. The van der Waals surface area contributed by atoms with Crippen LogP contribution in [0.5, 0.6) is 0 Å². The Kier molecular flexibility index (Phi) is 6.41. The maximum atomic E-state index is 12.7. The van der Waals surface area contributed by atoms with Crippen molar-refractivity contribution in [3.63, 3.8) is 0 Å². The first-order valence-corrected chi connectivity index (χ1v) is 9.03. The summed E-state index contributed by atoms with van der Waals surface area (Å²) in [5, 5.41) is 9.81. The number of benzene rings is 1. The first kappa shape index (κ1) is 18.9. The van der Waals surface area contributed by atoms with Gasteiger partial charge in [-0.25, -0.2) is 0 Å². The van der Waals surface area contributed by atoms with Crippen LogP contribution in [0.3, 0.4) is 0 Å². The van der Waals surface area contributed by atoms with Gasteiger partial charge in [-0.05, 0) is 77.7 Å². The molecule has 4 nitrogen and oxygen atoms in total. The maximum Gasteiger partial charge on any atom is 0.253 e. The van der Waals surface area contributed by atoms with Crippen LogP contribution in [0.25, 0.3) is 0 Å². The lowest BCUT2D eigenvalue weighted by Crippen LogP contribution is -2.33. The molecule has 0 bridgehead atoms. The van der Waals surface area contributed by atoms with E-state index in [1.165, 1.54) is 0 Å². The Morgan fingerprint density at radius 3 is 2.46 bits per heavy atom. The molecular weight excluding hydrogens is 300 g/mol. The minimum atomic E-state index is -0.649. The lowest BCUT2D eigenvalue weighted by Gasteiger charge is -2.23. The van der Waals surface area contributed by atoms with Gasteiger partial charge in [0.1, 0.15) is 0 Å². The zero-order valence-electron chi connectivity index (χ0n) is 15.6. The number of aliphatic hydroxyl groups is 1. The van der Waals surface area contributed by atoms with E-state index in [2.05, 4.69) is 19.0 Å². The molecule has 1 aromatic carbocycles. The van der Waals surface area contributed by atoms with Crippen molar-refractivity contribution in [1.29, 1.82) is 0 Å². The molecule has 1 aliphatic heterocycles. The summed E-state index contributed by atoms with van der Waals surface area (Å²) in [5.41, 5.74) is 1.28. The number of rotatable bonds is 5. The summed E-state index contributed by atoms with van der Waals surface area (Å²) in [5.74, 6) is 0.142. The molecule has 1 saturated heterocycles. The molecular formula is C20H32N2O2. The third kappa shape index (κ3) is 5.60. The van der Waals surface area contributed by atoms with Crippen molar-refractivity contribution >= 4 is 5.91 Å². The fourth-order valence-electron chi connectivity index (χ4n) is 3.25. The summed E-state index contributed by atoms with van der Waals surface area (Å²) in [4.78, 5) is 17.0. The second kappa shape index (κ2) is 8.13. The van der Waals surface area contributed by atoms with Gasteiger partial charge >= 0.3 is 0 Å². The molecule has 4 heteroatoms. The Hall–Kier alpha value is -1.39. The molecule has 0 radical (unpaired) electrons. The number of amides is 1. The molecule has 1 aliphatic rings. The van der Waals surface area contributed by atoms with E-state index in [1.54, 1.807) is 0 Å². The van der Waals surface area contributed by atoms with Gasteiger partial charge in [-0.2, -0.15) is 0 Å². The zero-order chi connectivity index (χ0) is 17.7. The van der Waals surface area contributed by atoms with Crippen molar-refractivity contribution < 1.29 is 9.90 Å². The largest absolute Gasteiger partial charge is 0.390 e. The molecule has 0 saturated carbocycles. The summed E-state index contributed by atoms with van der Waals surface area (Å²) in [6, 6.07) is 8.46. The van der Waals surface area contributed by atoms with Crippen molar-refractivity contribution in [3.05, 3.63) is 35.4 Å². The smallest absolute Gasteiger partial charge is 0.253 e. The standard InChI is InChI=1S/C20H32N2O2/c1-20(2,24)13-11-16-7-9-17(10-8-16)19(23)22-14-5-6-18(12-15-22)21(3)4/h7-10,18,24H,5-6,11-15H2,1-4H3/t18-/m1/s1. The SMILES string of the molecule is CN(C)[C@@H]1CCCN(C(=O)c2ccc(CCC(C)(C)O)cc2)CC1. The highest BCUT2D eigenvalue weighted by atomic mass is 16.3. The van der Waals surface area contributed by atoms with Crippen molar-refractivity contribution in [1.82, 2.24) is 9.80 Å². The van der Waals surface area contributed by atoms with Gasteiger partial charge in [0.25, 0.3) is 5.91 Å². The van der Waals surface area contributed by atoms with E-state index in [4.69, 9.17) is 0 Å². The van der Waals surface area contributed by atoms with Gasteiger partial charge in [-0.1, -0.05) is 12.1 Å². The predicted molar refractivity (Wildman–Crippen MR) is 98.3 cm³/mol. The van der Waals surface area contributed by atoms with Crippen LogP contribution in [0, 0.1) is 0 Å². The lowest BCUT2D eigenvalue weighted by atomic mass is 9.98. The Labute approximate surface area is 146 Å². The summed E-state index contributed by atoms with van der Waals surface area (Å²) < 4.78 is 0. The third-order valence-corrected chi connectivity index (χ3v) is 4.94. The molecule has 1 atom stereocenters. The monoisotopic (exact) mass is 332 g/mol. The molecule has 1 N–H and O–H groups in total. The van der Waals surface area contributed by atoms with Crippen LogP contribution in [0.2, 0.25) is 0 Å². The second-order valence-electron chi connectivity index (χ2n) is 7.85. The molecule has 0 aromatic heterocycles. The van der Waals surface area contributed by atoms with Crippen molar-refractivity contribution in [2.75, 3.05) is 27.2 Å². The van der Waals surface area contributed by atoms with Gasteiger partial charge in [-0.3, -0.25) is 4.79 Å². The van der Waals surface area contributed by atoms with Crippen LogP contribution in [-0.2, 0) is 6.42 Å². The average Bonchev–Trinajstić information content (AvgIpc) is 2.78. The average molecular weight is 332 g/mol. The predicted octanol–water partition coefficient (Wildman–Crippen LogP) is 2.95. The normalized spacial score (nSPS) is 19.4. The van der Waals surface area contributed by atoms with Gasteiger partial charge in [-0.15, -0.1) is 0 Å². The van der Waals surface area contributed by atoms with Crippen LogP contribution >= 0.6 is 0 Å². The number of nitrogens with zero attached hydrogens (tertiary/aromatic N) is 2. The molecule has 1 aromatic rings. The highest BCUT2D eigenvalue weighted by Crippen LogP contribution is 2.18. The number of likely N-dealkylation sites (tertiary alicyclic amines) is 1. The van der Waals surface area contributed by atoms with Crippen LogP contribution < -0.4 is 0 Å². The Balaban J connectivity index is 1.94. The van der Waals surface area contributed by atoms with E-state index >= 15 is 0 Å². The summed E-state index contributed by atoms with van der Waals surface area (Å²) in [6.07, 6.45) is 4.82. The van der Waals surface area contributed by atoms with Crippen molar-refractivity contribution in [3.8, 4) is 0 Å². The van der Waals surface area contributed by atoms with Gasteiger partial charge < -0.3 is 14.9 Å². The Morgan fingerprint density at radius 2 is 1.88 bits per heavy atom. The van der Waals surface area contributed by atoms with Crippen LogP contribution in [0.1, 0.15) is 55.5 Å². The number of aryl methyl sites for hydroxylation is 1. The fraction of sp³-hybridized carbons (Fsp3) is 0.650. The molecule has 134 valence electrons. The zero-order valence-corrected chi connectivity index (χ0v) is 15.6. The van der Waals surface area contributed by atoms with E-state index in [1.807, 2.05) is 43.0 Å². The highest BCUT2D eigenvalue weighted by molar-refractivity contribution is 5.94. The number of hydrogen-bond acceptors (Lipinski definition) is 3. The quantitative estimate of drug-likeness (QED) is 0.901. The highest BCUT2D eigenvalue weighted by Gasteiger charge is 2.22. The number of hydrogen-bond donors (Lipinski definition) is 1. The van der Waals surface area contributed by atoms with Gasteiger partial charge in [0, 0.05) is 24.7 Å². The van der Waals surface area contributed by atoms with Crippen molar-refractivity contribution in [2.24, 2.45) is 0 Å². The van der Waals surface area contributed by atoms with E-state index in [9.17, 15) is 9.90 Å². The number of carbonyl (C=O) groups excluding carboxylic acids is 1.